The Morgan fingerprint density at radius 1 is 1.11 bits per heavy atom. The van der Waals surface area contributed by atoms with Gasteiger partial charge in [0.25, 0.3) is 0 Å². The van der Waals surface area contributed by atoms with Gasteiger partial charge in [-0.05, 0) is 43.4 Å². The molecule has 1 aliphatic rings. The Hall–Kier alpha value is -1.79. The lowest BCUT2D eigenvalue weighted by Gasteiger charge is -2.12. The fraction of sp³-hybridized carbons (Fsp3) is 0.550. The zero-order chi connectivity index (χ0) is 19.8. The first-order valence-corrected chi connectivity index (χ1v) is 10.7. The standard InChI is InChI=1S/C20H28Cl2N6/c1-23-20(24-11-5-6-15-8-9-16(21)14-17(15)22)25-12-10-19-27-26-18-7-3-2-4-13-28(18)19/h8-9,14H,2-7,10-13H2,1H3,(H2,23,24,25). The minimum Gasteiger partial charge on any atom is -0.356 e. The van der Waals surface area contributed by atoms with Gasteiger partial charge in [-0.25, -0.2) is 0 Å². The summed E-state index contributed by atoms with van der Waals surface area (Å²) in [6.07, 6.45) is 7.44. The summed E-state index contributed by atoms with van der Waals surface area (Å²) in [7, 11) is 1.79. The number of hydrogen-bond donors (Lipinski definition) is 2. The second-order valence-electron chi connectivity index (χ2n) is 7.01. The second kappa shape index (κ2) is 10.7. The summed E-state index contributed by atoms with van der Waals surface area (Å²) < 4.78 is 2.29. The summed E-state index contributed by atoms with van der Waals surface area (Å²) in [5.74, 6) is 3.01. The van der Waals surface area contributed by atoms with Crippen LogP contribution in [0, 0.1) is 0 Å². The molecule has 8 heteroatoms. The molecule has 0 fully saturated rings. The molecule has 0 aliphatic carbocycles. The van der Waals surface area contributed by atoms with Crippen LogP contribution in [-0.4, -0.2) is 40.9 Å². The van der Waals surface area contributed by atoms with E-state index in [4.69, 9.17) is 23.2 Å². The molecule has 2 heterocycles. The van der Waals surface area contributed by atoms with Crippen LogP contribution in [0.1, 0.15) is 42.9 Å². The molecule has 0 unspecified atom stereocenters. The predicted molar refractivity (Wildman–Crippen MR) is 115 cm³/mol. The number of nitrogens with zero attached hydrogens (tertiary/aromatic N) is 4. The Morgan fingerprint density at radius 3 is 2.79 bits per heavy atom. The highest BCUT2D eigenvalue weighted by molar-refractivity contribution is 6.35. The van der Waals surface area contributed by atoms with Crippen LogP contribution >= 0.6 is 23.2 Å². The normalized spacial score (nSPS) is 14.5. The maximum atomic E-state index is 6.22. The summed E-state index contributed by atoms with van der Waals surface area (Å²) >= 11 is 12.2. The average Bonchev–Trinajstić information content (AvgIpc) is 2.91. The zero-order valence-electron chi connectivity index (χ0n) is 16.3. The van der Waals surface area contributed by atoms with Gasteiger partial charge >= 0.3 is 0 Å². The zero-order valence-corrected chi connectivity index (χ0v) is 17.9. The Labute approximate surface area is 176 Å². The SMILES string of the molecule is CN=C(NCCCc1ccc(Cl)cc1Cl)NCCc1nnc2n1CCCCC2. The highest BCUT2D eigenvalue weighted by Crippen LogP contribution is 2.21. The minimum absolute atomic E-state index is 0.668. The number of rotatable bonds is 7. The van der Waals surface area contributed by atoms with Gasteiger partial charge < -0.3 is 15.2 Å². The molecule has 0 spiro atoms. The van der Waals surface area contributed by atoms with Crippen LogP contribution < -0.4 is 10.6 Å². The van der Waals surface area contributed by atoms with Crippen molar-refractivity contribution in [1.82, 2.24) is 25.4 Å². The average molecular weight is 423 g/mol. The van der Waals surface area contributed by atoms with Crippen molar-refractivity contribution in [3.63, 3.8) is 0 Å². The van der Waals surface area contributed by atoms with Gasteiger partial charge in [-0.1, -0.05) is 35.7 Å². The predicted octanol–water partition coefficient (Wildman–Crippen LogP) is 3.65. The van der Waals surface area contributed by atoms with Crippen molar-refractivity contribution in [3.8, 4) is 0 Å². The smallest absolute Gasteiger partial charge is 0.190 e. The van der Waals surface area contributed by atoms with E-state index in [0.29, 0.717) is 5.02 Å². The number of fused-ring (bicyclic) bond motifs is 1. The van der Waals surface area contributed by atoms with Crippen LogP contribution in [0.4, 0.5) is 0 Å². The largest absolute Gasteiger partial charge is 0.356 e. The molecule has 1 aromatic carbocycles. The lowest BCUT2D eigenvalue weighted by atomic mass is 10.1. The Bertz CT molecular complexity index is 802. The summed E-state index contributed by atoms with van der Waals surface area (Å²) in [6.45, 7) is 2.64. The van der Waals surface area contributed by atoms with Gasteiger partial charge in [0.2, 0.25) is 0 Å². The number of aliphatic imine (C=N–C) groups is 1. The molecule has 6 nitrogen and oxygen atoms in total. The van der Waals surface area contributed by atoms with Crippen molar-refractivity contribution in [1.29, 1.82) is 0 Å². The van der Waals surface area contributed by atoms with Gasteiger partial charge in [0, 0.05) is 49.6 Å². The molecule has 28 heavy (non-hydrogen) atoms. The van der Waals surface area contributed by atoms with E-state index in [1.807, 2.05) is 12.1 Å². The van der Waals surface area contributed by atoms with Gasteiger partial charge in [-0.2, -0.15) is 0 Å². The third-order valence-corrected chi connectivity index (χ3v) is 5.57. The summed E-state index contributed by atoms with van der Waals surface area (Å²) in [5.41, 5.74) is 1.11. The number of nitrogens with one attached hydrogen (secondary N) is 2. The summed E-state index contributed by atoms with van der Waals surface area (Å²) in [4.78, 5) is 4.29. The highest BCUT2D eigenvalue weighted by atomic mass is 35.5. The van der Waals surface area contributed by atoms with Crippen molar-refractivity contribution >= 4 is 29.2 Å². The van der Waals surface area contributed by atoms with Crippen LogP contribution in [0.3, 0.4) is 0 Å². The molecule has 0 saturated heterocycles. The molecule has 0 radical (unpaired) electrons. The quantitative estimate of drug-likeness (QED) is 0.405. The Kier molecular flexibility index (Phi) is 7.98. The van der Waals surface area contributed by atoms with Gasteiger partial charge in [0.05, 0.1) is 0 Å². The summed E-state index contributed by atoms with van der Waals surface area (Å²) in [6, 6.07) is 5.65. The fourth-order valence-corrected chi connectivity index (χ4v) is 3.96. The van der Waals surface area contributed by atoms with Crippen molar-refractivity contribution in [2.45, 2.75) is 51.5 Å². The third-order valence-electron chi connectivity index (χ3n) is 4.98. The molecule has 0 atom stereocenters. The number of aryl methyl sites for hydroxylation is 2. The second-order valence-corrected chi connectivity index (χ2v) is 7.85. The molecular formula is C20H28Cl2N6. The van der Waals surface area contributed by atoms with E-state index in [1.165, 1.54) is 19.3 Å². The van der Waals surface area contributed by atoms with E-state index in [9.17, 15) is 0 Å². The maximum absolute atomic E-state index is 6.22. The van der Waals surface area contributed by atoms with E-state index in [2.05, 4.69) is 30.4 Å². The molecule has 0 bridgehead atoms. The Balaban J connectivity index is 1.39. The molecule has 0 amide bonds. The van der Waals surface area contributed by atoms with E-state index >= 15 is 0 Å². The number of guanidine groups is 1. The molecule has 2 aromatic rings. The fourth-order valence-electron chi connectivity index (χ4n) is 3.45. The number of hydrogen-bond acceptors (Lipinski definition) is 3. The molecule has 1 aromatic heterocycles. The monoisotopic (exact) mass is 422 g/mol. The number of halogens is 2. The number of aromatic nitrogens is 3. The van der Waals surface area contributed by atoms with Crippen LogP contribution in [0.25, 0.3) is 0 Å². The molecular weight excluding hydrogens is 395 g/mol. The van der Waals surface area contributed by atoms with Crippen LogP contribution in [0.15, 0.2) is 23.2 Å². The van der Waals surface area contributed by atoms with Crippen LogP contribution in [0.2, 0.25) is 10.0 Å². The lowest BCUT2D eigenvalue weighted by molar-refractivity contribution is 0.600. The molecule has 152 valence electrons. The van der Waals surface area contributed by atoms with Crippen molar-refractivity contribution in [2.24, 2.45) is 4.99 Å². The topological polar surface area (TPSA) is 67.1 Å². The first-order chi connectivity index (χ1) is 13.7. The molecule has 1 aliphatic heterocycles. The third kappa shape index (κ3) is 5.85. The first kappa shape index (κ1) is 20.9. The lowest BCUT2D eigenvalue weighted by Crippen LogP contribution is -2.39. The minimum atomic E-state index is 0.668. The molecule has 0 saturated carbocycles. The van der Waals surface area contributed by atoms with Crippen molar-refractivity contribution in [3.05, 3.63) is 45.5 Å². The van der Waals surface area contributed by atoms with Gasteiger partial charge in [0.15, 0.2) is 5.96 Å². The van der Waals surface area contributed by atoms with Crippen molar-refractivity contribution < 1.29 is 0 Å². The van der Waals surface area contributed by atoms with Gasteiger partial charge in [-0.15, -0.1) is 10.2 Å². The van der Waals surface area contributed by atoms with Crippen molar-refractivity contribution in [2.75, 3.05) is 20.1 Å². The molecule has 3 rings (SSSR count). The van der Waals surface area contributed by atoms with Gasteiger partial charge in [0.1, 0.15) is 11.6 Å². The molecule has 2 N–H and O–H groups in total. The highest BCUT2D eigenvalue weighted by Gasteiger charge is 2.14. The summed E-state index contributed by atoms with van der Waals surface area (Å²) in [5, 5.41) is 16.8. The first-order valence-electron chi connectivity index (χ1n) is 9.97. The van der Waals surface area contributed by atoms with Crippen LogP contribution in [-0.2, 0) is 25.8 Å². The van der Waals surface area contributed by atoms with Crippen LogP contribution in [0.5, 0.6) is 0 Å². The van der Waals surface area contributed by atoms with E-state index < -0.39 is 0 Å². The van der Waals surface area contributed by atoms with E-state index in [-0.39, 0.29) is 0 Å². The van der Waals surface area contributed by atoms with Gasteiger partial charge in [-0.3, -0.25) is 4.99 Å². The Morgan fingerprint density at radius 2 is 1.96 bits per heavy atom. The number of benzene rings is 1. The van der Waals surface area contributed by atoms with E-state index in [0.717, 1.165) is 73.5 Å². The maximum Gasteiger partial charge on any atom is 0.190 e. The van der Waals surface area contributed by atoms with E-state index in [1.54, 1.807) is 13.1 Å².